The molecular weight excluding hydrogens is 319 g/mol. The molecule has 0 aliphatic carbocycles. The Bertz CT molecular complexity index is 570. The lowest BCUT2D eigenvalue weighted by atomic mass is 10.2. The zero-order valence-corrected chi connectivity index (χ0v) is 13.7. The number of hydrogen-bond acceptors (Lipinski definition) is 3. The van der Waals surface area contributed by atoms with E-state index in [2.05, 4.69) is 11.8 Å². The van der Waals surface area contributed by atoms with E-state index in [4.69, 9.17) is 23.2 Å². The monoisotopic (exact) mass is 336 g/mol. The van der Waals surface area contributed by atoms with Crippen LogP contribution < -0.4 is 0 Å². The maximum atomic E-state index is 12.7. The third kappa shape index (κ3) is 3.28. The highest BCUT2D eigenvalue weighted by molar-refractivity contribution is 7.89. The summed E-state index contributed by atoms with van der Waals surface area (Å²) in [6.07, 6.45) is 0. The van der Waals surface area contributed by atoms with Gasteiger partial charge in [0.15, 0.2) is 0 Å². The SMILES string of the molecule is CCN1CCN(S(=O)(=O)c2cc(CCl)ccc2Cl)CC1. The van der Waals surface area contributed by atoms with E-state index in [9.17, 15) is 8.42 Å². The molecule has 7 heteroatoms. The van der Waals surface area contributed by atoms with Crippen molar-refractivity contribution in [3.63, 3.8) is 0 Å². The molecule has 1 heterocycles. The van der Waals surface area contributed by atoms with Gasteiger partial charge in [0.25, 0.3) is 0 Å². The molecule has 2 rings (SSSR count). The van der Waals surface area contributed by atoms with Crippen LogP contribution in [0.1, 0.15) is 12.5 Å². The quantitative estimate of drug-likeness (QED) is 0.792. The number of alkyl halides is 1. The molecule has 1 aromatic rings. The predicted molar refractivity (Wildman–Crippen MR) is 81.9 cm³/mol. The summed E-state index contributed by atoms with van der Waals surface area (Å²) in [7, 11) is -3.54. The van der Waals surface area contributed by atoms with E-state index in [1.54, 1.807) is 18.2 Å². The lowest BCUT2D eigenvalue weighted by molar-refractivity contribution is 0.196. The fourth-order valence-corrected chi connectivity index (χ4v) is 4.37. The van der Waals surface area contributed by atoms with Crippen molar-refractivity contribution in [2.24, 2.45) is 0 Å². The molecule has 0 bridgehead atoms. The van der Waals surface area contributed by atoms with Crippen LogP contribution in [-0.4, -0.2) is 50.3 Å². The van der Waals surface area contributed by atoms with Crippen LogP contribution in [0.5, 0.6) is 0 Å². The molecule has 112 valence electrons. The Morgan fingerprint density at radius 1 is 1.20 bits per heavy atom. The minimum Gasteiger partial charge on any atom is -0.301 e. The van der Waals surface area contributed by atoms with Crippen molar-refractivity contribution in [1.29, 1.82) is 0 Å². The number of rotatable bonds is 4. The van der Waals surface area contributed by atoms with Crippen LogP contribution in [0.4, 0.5) is 0 Å². The average molecular weight is 337 g/mol. The summed E-state index contributed by atoms with van der Waals surface area (Å²) in [5, 5.41) is 0.247. The van der Waals surface area contributed by atoms with Gasteiger partial charge >= 0.3 is 0 Å². The van der Waals surface area contributed by atoms with Crippen LogP contribution in [0, 0.1) is 0 Å². The first-order valence-electron chi connectivity index (χ1n) is 6.56. The highest BCUT2D eigenvalue weighted by Gasteiger charge is 2.29. The van der Waals surface area contributed by atoms with Gasteiger partial charge in [0.1, 0.15) is 4.90 Å². The molecule has 0 atom stereocenters. The van der Waals surface area contributed by atoms with Gasteiger partial charge in [0.2, 0.25) is 10.0 Å². The molecule has 0 saturated carbocycles. The highest BCUT2D eigenvalue weighted by Crippen LogP contribution is 2.27. The van der Waals surface area contributed by atoms with Crippen LogP contribution >= 0.6 is 23.2 Å². The summed E-state index contributed by atoms with van der Waals surface area (Å²) in [5.74, 6) is 0.267. The fourth-order valence-electron chi connectivity index (χ4n) is 2.25. The summed E-state index contributed by atoms with van der Waals surface area (Å²) < 4.78 is 26.8. The van der Waals surface area contributed by atoms with E-state index in [0.717, 1.165) is 25.2 Å². The molecule has 0 amide bonds. The van der Waals surface area contributed by atoms with Gasteiger partial charge in [0, 0.05) is 32.1 Å². The molecule has 0 aromatic heterocycles. The lowest BCUT2D eigenvalue weighted by Crippen LogP contribution is -2.48. The van der Waals surface area contributed by atoms with Crippen LogP contribution in [0.2, 0.25) is 5.02 Å². The van der Waals surface area contributed by atoms with Gasteiger partial charge in [-0.05, 0) is 24.2 Å². The zero-order valence-electron chi connectivity index (χ0n) is 11.3. The maximum Gasteiger partial charge on any atom is 0.244 e. The Hall–Kier alpha value is -0.330. The van der Waals surface area contributed by atoms with Crippen LogP contribution in [-0.2, 0) is 15.9 Å². The summed E-state index contributed by atoms with van der Waals surface area (Å²) in [5.41, 5.74) is 0.752. The molecule has 0 spiro atoms. The van der Waals surface area contributed by atoms with Gasteiger partial charge in [-0.2, -0.15) is 4.31 Å². The van der Waals surface area contributed by atoms with Gasteiger partial charge < -0.3 is 4.90 Å². The van der Waals surface area contributed by atoms with Gasteiger partial charge in [-0.3, -0.25) is 0 Å². The first kappa shape index (κ1) is 16.0. The Kier molecular flexibility index (Phi) is 5.31. The second-order valence-corrected chi connectivity index (χ2v) is 7.32. The number of halogens is 2. The number of piperazine rings is 1. The maximum absolute atomic E-state index is 12.7. The van der Waals surface area contributed by atoms with E-state index in [0.29, 0.717) is 13.1 Å². The minimum absolute atomic E-state index is 0.155. The van der Waals surface area contributed by atoms with Crippen molar-refractivity contribution < 1.29 is 8.42 Å². The van der Waals surface area contributed by atoms with E-state index in [1.165, 1.54) is 4.31 Å². The van der Waals surface area contributed by atoms with Crippen molar-refractivity contribution in [3.05, 3.63) is 28.8 Å². The molecule has 1 aromatic carbocycles. The molecule has 1 aliphatic heterocycles. The summed E-state index contributed by atoms with van der Waals surface area (Å²) in [6, 6.07) is 4.90. The summed E-state index contributed by atoms with van der Waals surface area (Å²) in [4.78, 5) is 2.38. The van der Waals surface area contributed by atoms with Gasteiger partial charge in [-0.15, -0.1) is 11.6 Å². The number of hydrogen-bond donors (Lipinski definition) is 0. The lowest BCUT2D eigenvalue weighted by Gasteiger charge is -2.33. The number of benzene rings is 1. The molecule has 0 unspecified atom stereocenters. The van der Waals surface area contributed by atoms with Crippen molar-refractivity contribution in [1.82, 2.24) is 9.21 Å². The zero-order chi connectivity index (χ0) is 14.8. The molecule has 0 N–H and O–H groups in total. The number of sulfonamides is 1. The van der Waals surface area contributed by atoms with Crippen LogP contribution in [0.25, 0.3) is 0 Å². The van der Waals surface area contributed by atoms with E-state index in [-0.39, 0.29) is 15.8 Å². The van der Waals surface area contributed by atoms with E-state index >= 15 is 0 Å². The minimum atomic E-state index is -3.54. The van der Waals surface area contributed by atoms with Crippen molar-refractivity contribution in [2.45, 2.75) is 17.7 Å². The van der Waals surface area contributed by atoms with Crippen molar-refractivity contribution >= 4 is 33.2 Å². The molecule has 20 heavy (non-hydrogen) atoms. The summed E-state index contributed by atoms with van der Waals surface area (Å²) in [6.45, 7) is 5.52. The summed E-state index contributed by atoms with van der Waals surface area (Å²) >= 11 is 11.8. The van der Waals surface area contributed by atoms with Crippen LogP contribution in [0.3, 0.4) is 0 Å². The largest absolute Gasteiger partial charge is 0.301 e. The Labute approximate surface area is 130 Å². The predicted octanol–water partition coefficient (Wildman–Crippen LogP) is 2.41. The first-order valence-corrected chi connectivity index (χ1v) is 8.91. The molecule has 1 aliphatic rings. The average Bonchev–Trinajstić information content (AvgIpc) is 2.47. The Balaban J connectivity index is 2.27. The third-order valence-corrected chi connectivity index (χ3v) is 6.24. The third-order valence-electron chi connectivity index (χ3n) is 3.55. The first-order chi connectivity index (χ1) is 9.48. The van der Waals surface area contributed by atoms with Crippen molar-refractivity contribution in [2.75, 3.05) is 32.7 Å². The van der Waals surface area contributed by atoms with E-state index in [1.807, 2.05) is 0 Å². The molecule has 1 fully saturated rings. The smallest absolute Gasteiger partial charge is 0.244 e. The van der Waals surface area contributed by atoms with Gasteiger partial charge in [-0.1, -0.05) is 24.6 Å². The molecule has 1 saturated heterocycles. The Morgan fingerprint density at radius 2 is 1.85 bits per heavy atom. The molecular formula is C13H18Cl2N2O2S. The second-order valence-electron chi connectivity index (χ2n) is 4.74. The van der Waals surface area contributed by atoms with Crippen molar-refractivity contribution in [3.8, 4) is 0 Å². The molecule has 4 nitrogen and oxygen atoms in total. The van der Waals surface area contributed by atoms with Gasteiger partial charge in [-0.25, -0.2) is 8.42 Å². The number of nitrogens with zero attached hydrogens (tertiary/aromatic N) is 2. The molecule has 0 radical (unpaired) electrons. The van der Waals surface area contributed by atoms with Gasteiger partial charge in [0.05, 0.1) is 5.02 Å². The normalized spacial score (nSPS) is 18.4. The second kappa shape index (κ2) is 6.62. The highest BCUT2D eigenvalue weighted by atomic mass is 35.5. The Morgan fingerprint density at radius 3 is 2.40 bits per heavy atom. The fraction of sp³-hybridized carbons (Fsp3) is 0.538. The number of likely N-dealkylation sites (N-methyl/N-ethyl adjacent to an activating group) is 1. The van der Waals surface area contributed by atoms with Crippen LogP contribution in [0.15, 0.2) is 23.1 Å². The van der Waals surface area contributed by atoms with E-state index < -0.39 is 10.0 Å². The topological polar surface area (TPSA) is 40.6 Å². The standard InChI is InChI=1S/C13H18Cl2N2O2S/c1-2-16-5-7-17(8-6-16)20(18,19)13-9-11(10-14)3-4-12(13)15/h3-4,9H,2,5-8,10H2,1H3.